The molecule has 0 amide bonds. The molecule has 0 radical (unpaired) electrons. The van der Waals surface area contributed by atoms with Crippen molar-refractivity contribution < 1.29 is 9.90 Å². The second-order valence-electron chi connectivity index (χ2n) is 8.51. The number of nitrogen functional groups attached to an aromatic ring is 1. The predicted octanol–water partition coefficient (Wildman–Crippen LogP) is 5.24. The van der Waals surface area contributed by atoms with E-state index in [2.05, 4.69) is 27.3 Å². The molecular formula is C26H27N5O2S. The molecule has 34 heavy (non-hydrogen) atoms. The highest BCUT2D eigenvalue weighted by Crippen LogP contribution is 2.36. The standard InChI is InChI=1S/C26H27N5O2S/c1-2-22(33)17-5-3-4-16(14-17)21-15-34-24-23(21)29-26(30-25(24)27)28-18-6-8-19(9-7-18)31-12-10-20(32)11-13-31/h3-9,14-15,20,32H,2,10-13H2,1H3,(H3,27,28,29,30). The number of aromatic nitrogens is 2. The molecule has 2 aromatic carbocycles. The van der Waals surface area contributed by atoms with Crippen LogP contribution in [0.15, 0.2) is 53.9 Å². The Hall–Kier alpha value is -3.49. The van der Waals surface area contributed by atoms with Crippen LogP contribution in [0, 0.1) is 0 Å². The van der Waals surface area contributed by atoms with Crippen LogP contribution in [0.4, 0.5) is 23.1 Å². The lowest BCUT2D eigenvalue weighted by Crippen LogP contribution is -2.35. The lowest BCUT2D eigenvalue weighted by molar-refractivity contribution is 0.0988. The van der Waals surface area contributed by atoms with E-state index >= 15 is 0 Å². The van der Waals surface area contributed by atoms with E-state index in [1.807, 2.05) is 48.7 Å². The Morgan fingerprint density at radius 2 is 1.94 bits per heavy atom. The Kier molecular flexibility index (Phi) is 6.17. The van der Waals surface area contributed by atoms with E-state index in [4.69, 9.17) is 10.7 Å². The van der Waals surface area contributed by atoms with Crippen LogP contribution >= 0.6 is 11.3 Å². The topological polar surface area (TPSA) is 104 Å². The van der Waals surface area contributed by atoms with Gasteiger partial charge in [0.2, 0.25) is 5.95 Å². The fraction of sp³-hybridized carbons (Fsp3) is 0.269. The van der Waals surface area contributed by atoms with E-state index in [0.29, 0.717) is 23.8 Å². The molecule has 0 unspecified atom stereocenters. The molecule has 2 aromatic heterocycles. The van der Waals surface area contributed by atoms with Gasteiger partial charge in [-0.05, 0) is 48.7 Å². The number of ketones is 1. The van der Waals surface area contributed by atoms with Gasteiger partial charge >= 0.3 is 0 Å². The molecule has 0 bridgehead atoms. The van der Waals surface area contributed by atoms with Crippen molar-refractivity contribution in [3.8, 4) is 11.1 Å². The van der Waals surface area contributed by atoms with Gasteiger partial charge in [0.15, 0.2) is 5.78 Å². The molecule has 3 heterocycles. The Morgan fingerprint density at radius 1 is 1.18 bits per heavy atom. The maximum atomic E-state index is 12.2. The first-order valence-corrected chi connectivity index (χ1v) is 12.4. The lowest BCUT2D eigenvalue weighted by Gasteiger charge is -2.31. The van der Waals surface area contributed by atoms with Gasteiger partial charge in [-0.15, -0.1) is 11.3 Å². The first-order chi connectivity index (χ1) is 16.5. The number of fused-ring (bicyclic) bond motifs is 1. The van der Waals surface area contributed by atoms with Crippen molar-refractivity contribution in [1.82, 2.24) is 9.97 Å². The molecule has 8 heteroatoms. The number of benzene rings is 2. The second kappa shape index (κ2) is 9.40. The minimum absolute atomic E-state index is 0.113. The number of nitrogens with one attached hydrogen (secondary N) is 1. The van der Waals surface area contributed by atoms with Crippen LogP contribution in [-0.4, -0.2) is 40.1 Å². The van der Waals surface area contributed by atoms with Crippen LogP contribution in [-0.2, 0) is 0 Å². The van der Waals surface area contributed by atoms with Crippen molar-refractivity contribution in [3.05, 3.63) is 59.5 Å². The minimum atomic E-state index is -0.189. The molecule has 0 aliphatic carbocycles. The number of rotatable bonds is 6. The number of carbonyl (C=O) groups excluding carboxylic acids is 1. The van der Waals surface area contributed by atoms with Gasteiger partial charge in [0.05, 0.1) is 16.3 Å². The third-order valence-corrected chi connectivity index (χ3v) is 7.20. The van der Waals surface area contributed by atoms with Gasteiger partial charge in [-0.2, -0.15) is 4.98 Å². The molecule has 4 N–H and O–H groups in total. The normalized spacial score (nSPS) is 14.5. The smallest absolute Gasteiger partial charge is 0.229 e. The van der Waals surface area contributed by atoms with Crippen LogP contribution in [0.1, 0.15) is 36.5 Å². The monoisotopic (exact) mass is 473 g/mol. The maximum absolute atomic E-state index is 12.2. The Balaban J connectivity index is 1.41. The van der Waals surface area contributed by atoms with E-state index < -0.39 is 0 Å². The number of thiophene rings is 1. The van der Waals surface area contributed by atoms with E-state index in [0.717, 1.165) is 58.6 Å². The van der Waals surface area contributed by atoms with Gasteiger partial charge in [0, 0.05) is 47.4 Å². The van der Waals surface area contributed by atoms with Crippen LogP contribution in [0.25, 0.3) is 21.3 Å². The highest BCUT2D eigenvalue weighted by molar-refractivity contribution is 7.18. The fourth-order valence-corrected chi connectivity index (χ4v) is 5.19. The summed E-state index contributed by atoms with van der Waals surface area (Å²) < 4.78 is 0.829. The summed E-state index contributed by atoms with van der Waals surface area (Å²) in [4.78, 5) is 23.7. The van der Waals surface area contributed by atoms with Crippen LogP contribution < -0.4 is 16.0 Å². The number of hydrogen-bond donors (Lipinski definition) is 3. The van der Waals surface area contributed by atoms with Gasteiger partial charge in [0.1, 0.15) is 5.82 Å². The Morgan fingerprint density at radius 3 is 2.68 bits per heavy atom. The molecule has 0 saturated carbocycles. The molecule has 4 aromatic rings. The number of piperidine rings is 1. The summed E-state index contributed by atoms with van der Waals surface area (Å²) in [6, 6.07) is 15.8. The van der Waals surface area contributed by atoms with E-state index in [1.165, 1.54) is 11.3 Å². The molecule has 1 saturated heterocycles. The number of nitrogens with two attached hydrogens (primary N) is 1. The van der Waals surface area contributed by atoms with Crippen LogP contribution in [0.3, 0.4) is 0 Å². The summed E-state index contributed by atoms with van der Waals surface area (Å²) in [6.07, 6.45) is 1.87. The summed E-state index contributed by atoms with van der Waals surface area (Å²) in [7, 11) is 0. The molecule has 0 spiro atoms. The van der Waals surface area contributed by atoms with E-state index in [9.17, 15) is 9.90 Å². The summed E-state index contributed by atoms with van der Waals surface area (Å²) in [5.41, 5.74) is 11.6. The van der Waals surface area contributed by atoms with Gasteiger partial charge in [0.25, 0.3) is 0 Å². The molecule has 7 nitrogen and oxygen atoms in total. The lowest BCUT2D eigenvalue weighted by atomic mass is 10.0. The summed E-state index contributed by atoms with van der Waals surface area (Å²) in [5.74, 6) is 0.967. The van der Waals surface area contributed by atoms with Crippen molar-refractivity contribution >= 4 is 50.5 Å². The number of hydrogen-bond acceptors (Lipinski definition) is 8. The predicted molar refractivity (Wildman–Crippen MR) is 139 cm³/mol. The number of nitrogens with zero attached hydrogens (tertiary/aromatic N) is 3. The number of carbonyl (C=O) groups is 1. The maximum Gasteiger partial charge on any atom is 0.229 e. The van der Waals surface area contributed by atoms with Crippen molar-refractivity contribution in [2.75, 3.05) is 29.0 Å². The third kappa shape index (κ3) is 4.47. The molecule has 1 aliphatic rings. The zero-order valence-corrected chi connectivity index (χ0v) is 19.8. The number of Topliss-reactive ketones (excluding diaryl/α,β-unsaturated/α-hetero) is 1. The molecule has 0 atom stereocenters. The number of aliphatic hydroxyl groups is 1. The SMILES string of the molecule is CCC(=O)c1cccc(-c2csc3c(N)nc(Nc4ccc(N5CCC(O)CC5)cc4)nc23)c1. The molecule has 1 fully saturated rings. The Labute approximate surface area is 202 Å². The van der Waals surface area contributed by atoms with Crippen molar-refractivity contribution in [3.63, 3.8) is 0 Å². The highest BCUT2D eigenvalue weighted by atomic mass is 32.1. The largest absolute Gasteiger partial charge is 0.393 e. The van der Waals surface area contributed by atoms with E-state index in [-0.39, 0.29) is 11.9 Å². The average Bonchev–Trinajstić information content (AvgIpc) is 3.29. The van der Waals surface area contributed by atoms with E-state index in [1.54, 1.807) is 0 Å². The third-order valence-electron chi connectivity index (χ3n) is 6.21. The zero-order valence-electron chi connectivity index (χ0n) is 19.0. The Bertz CT molecular complexity index is 1330. The van der Waals surface area contributed by atoms with Crippen LogP contribution in [0.5, 0.6) is 0 Å². The number of anilines is 4. The molecule has 1 aliphatic heterocycles. The fourth-order valence-electron chi connectivity index (χ4n) is 4.27. The second-order valence-corrected chi connectivity index (χ2v) is 9.39. The molecular weight excluding hydrogens is 446 g/mol. The van der Waals surface area contributed by atoms with Gasteiger partial charge in [-0.25, -0.2) is 4.98 Å². The first-order valence-electron chi connectivity index (χ1n) is 11.5. The van der Waals surface area contributed by atoms with Gasteiger partial charge in [-0.1, -0.05) is 25.1 Å². The summed E-state index contributed by atoms with van der Waals surface area (Å²) in [5, 5.41) is 15.0. The number of aliphatic hydroxyl groups excluding tert-OH is 1. The van der Waals surface area contributed by atoms with Crippen LogP contribution in [0.2, 0.25) is 0 Å². The van der Waals surface area contributed by atoms with Gasteiger partial charge in [-0.3, -0.25) is 4.79 Å². The highest BCUT2D eigenvalue weighted by Gasteiger charge is 2.18. The van der Waals surface area contributed by atoms with Crippen molar-refractivity contribution in [2.24, 2.45) is 0 Å². The zero-order chi connectivity index (χ0) is 23.7. The van der Waals surface area contributed by atoms with Crippen molar-refractivity contribution in [1.29, 1.82) is 0 Å². The molecule has 174 valence electrons. The minimum Gasteiger partial charge on any atom is -0.393 e. The summed E-state index contributed by atoms with van der Waals surface area (Å²) in [6.45, 7) is 3.58. The first kappa shape index (κ1) is 22.3. The van der Waals surface area contributed by atoms with Gasteiger partial charge < -0.3 is 21.1 Å². The average molecular weight is 474 g/mol. The molecule has 5 rings (SSSR count). The summed E-state index contributed by atoms with van der Waals surface area (Å²) >= 11 is 1.50. The van der Waals surface area contributed by atoms with Crippen molar-refractivity contribution in [2.45, 2.75) is 32.3 Å². The quantitative estimate of drug-likeness (QED) is 0.329.